The molecule has 1 saturated heterocycles. The number of rotatable bonds is 5. The van der Waals surface area contributed by atoms with Gasteiger partial charge in [-0.1, -0.05) is 0 Å². The second-order valence-electron chi connectivity index (χ2n) is 5.76. The number of carbonyl (C=O) groups is 1. The molecule has 1 unspecified atom stereocenters. The quantitative estimate of drug-likeness (QED) is 0.852. The van der Waals surface area contributed by atoms with E-state index in [0.29, 0.717) is 6.54 Å². The van der Waals surface area contributed by atoms with Crippen molar-refractivity contribution >= 4 is 29.7 Å². The lowest BCUT2D eigenvalue weighted by Crippen LogP contribution is -2.40. The molecule has 1 aliphatic heterocycles. The van der Waals surface area contributed by atoms with Gasteiger partial charge in [0, 0.05) is 16.3 Å². The van der Waals surface area contributed by atoms with Crippen molar-refractivity contribution in [2.45, 2.75) is 19.4 Å². The number of carbonyl (C=O) groups excluding carboxylic acids is 1. The maximum atomic E-state index is 12.2. The molecule has 130 valence electrons. The highest BCUT2D eigenvalue weighted by Gasteiger charge is 2.20. The molecule has 0 bridgehead atoms. The molecule has 2 N–H and O–H groups in total. The zero-order chi connectivity index (χ0) is 16.1. The number of amides is 1. The van der Waals surface area contributed by atoms with E-state index in [1.54, 1.807) is 18.4 Å². The summed E-state index contributed by atoms with van der Waals surface area (Å²) in [7, 11) is 1.67. The lowest BCUT2D eigenvalue weighted by molar-refractivity contribution is -0.125. The number of piperidine rings is 1. The molecule has 2 aromatic rings. The van der Waals surface area contributed by atoms with Gasteiger partial charge >= 0.3 is 0 Å². The van der Waals surface area contributed by atoms with Gasteiger partial charge < -0.3 is 15.4 Å². The minimum atomic E-state index is 0. The molecule has 0 radical (unpaired) electrons. The van der Waals surface area contributed by atoms with Crippen molar-refractivity contribution in [1.82, 2.24) is 10.6 Å². The van der Waals surface area contributed by atoms with E-state index in [0.717, 1.165) is 31.7 Å². The summed E-state index contributed by atoms with van der Waals surface area (Å²) in [4.78, 5) is 14.5. The van der Waals surface area contributed by atoms with E-state index in [1.807, 2.05) is 12.1 Å². The summed E-state index contributed by atoms with van der Waals surface area (Å²) in [5.74, 6) is 1.14. The van der Waals surface area contributed by atoms with Crippen LogP contribution in [0.1, 0.15) is 17.7 Å². The summed E-state index contributed by atoms with van der Waals surface area (Å²) < 4.78 is 5.18. The van der Waals surface area contributed by atoms with Gasteiger partial charge in [0.15, 0.2) is 0 Å². The normalized spacial score (nSPS) is 17.0. The Balaban J connectivity index is 0.00000208. The Morgan fingerprint density at radius 3 is 2.75 bits per heavy atom. The Bertz CT molecular complexity index is 651. The Labute approximate surface area is 153 Å². The summed E-state index contributed by atoms with van der Waals surface area (Å²) >= 11 is 1.72. The van der Waals surface area contributed by atoms with Crippen LogP contribution in [-0.2, 0) is 11.3 Å². The van der Waals surface area contributed by atoms with Crippen LogP contribution in [0.25, 0.3) is 10.4 Å². The van der Waals surface area contributed by atoms with Crippen molar-refractivity contribution in [3.8, 4) is 16.2 Å². The highest BCUT2D eigenvalue weighted by molar-refractivity contribution is 7.15. The molecule has 1 aliphatic rings. The van der Waals surface area contributed by atoms with Gasteiger partial charge in [0.05, 0.1) is 19.6 Å². The van der Waals surface area contributed by atoms with Crippen LogP contribution in [0.5, 0.6) is 5.75 Å². The summed E-state index contributed by atoms with van der Waals surface area (Å²) in [5, 5.41) is 6.34. The third-order valence-corrected chi connectivity index (χ3v) is 5.28. The first-order valence-electron chi connectivity index (χ1n) is 7.98. The van der Waals surface area contributed by atoms with E-state index < -0.39 is 0 Å². The Hall–Kier alpha value is -1.56. The van der Waals surface area contributed by atoms with Gasteiger partial charge in [-0.05, 0) is 61.3 Å². The maximum absolute atomic E-state index is 12.2. The van der Waals surface area contributed by atoms with Gasteiger partial charge in [0.2, 0.25) is 5.91 Å². The molecule has 0 aliphatic carbocycles. The van der Waals surface area contributed by atoms with Crippen LogP contribution in [0.15, 0.2) is 36.4 Å². The third kappa shape index (κ3) is 4.72. The Morgan fingerprint density at radius 2 is 2.08 bits per heavy atom. The summed E-state index contributed by atoms with van der Waals surface area (Å²) in [5.41, 5.74) is 1.17. The largest absolute Gasteiger partial charge is 0.497 e. The standard InChI is InChI=1S/C18H22N2O2S.ClH/c1-22-15-6-4-13(5-7-15)17-9-8-16(23-17)12-20-18(21)14-3-2-10-19-11-14;/h4-9,14,19H,2-3,10-12H2,1H3,(H,20,21);1H. The molecule has 0 spiro atoms. The molecule has 2 heterocycles. The fourth-order valence-corrected chi connectivity index (χ4v) is 3.73. The number of hydrogen-bond donors (Lipinski definition) is 2. The average molecular weight is 367 g/mol. The highest BCUT2D eigenvalue weighted by atomic mass is 35.5. The SMILES string of the molecule is COc1ccc(-c2ccc(CNC(=O)C3CCCNC3)s2)cc1.Cl. The third-order valence-electron chi connectivity index (χ3n) is 4.14. The monoisotopic (exact) mass is 366 g/mol. The topological polar surface area (TPSA) is 50.4 Å². The van der Waals surface area contributed by atoms with Crippen molar-refractivity contribution in [1.29, 1.82) is 0 Å². The van der Waals surface area contributed by atoms with E-state index >= 15 is 0 Å². The van der Waals surface area contributed by atoms with Crippen molar-refractivity contribution in [2.24, 2.45) is 5.92 Å². The summed E-state index contributed by atoms with van der Waals surface area (Å²) in [6.45, 7) is 2.43. The second-order valence-corrected chi connectivity index (χ2v) is 6.92. The minimum absolute atomic E-state index is 0. The van der Waals surface area contributed by atoms with Crippen LogP contribution in [0.2, 0.25) is 0 Å². The first-order chi connectivity index (χ1) is 11.3. The fraction of sp³-hybridized carbons (Fsp3) is 0.389. The average Bonchev–Trinajstić information content (AvgIpc) is 3.09. The van der Waals surface area contributed by atoms with Crippen LogP contribution in [0, 0.1) is 5.92 Å². The van der Waals surface area contributed by atoms with E-state index in [1.165, 1.54) is 15.3 Å². The van der Waals surface area contributed by atoms with Crippen LogP contribution in [0.4, 0.5) is 0 Å². The fourth-order valence-electron chi connectivity index (χ4n) is 2.78. The number of methoxy groups -OCH3 is 1. The van der Waals surface area contributed by atoms with Crippen molar-refractivity contribution in [2.75, 3.05) is 20.2 Å². The van der Waals surface area contributed by atoms with Gasteiger partial charge in [-0.3, -0.25) is 4.79 Å². The van der Waals surface area contributed by atoms with Crippen LogP contribution in [-0.4, -0.2) is 26.1 Å². The van der Waals surface area contributed by atoms with E-state index in [2.05, 4.69) is 34.9 Å². The van der Waals surface area contributed by atoms with Gasteiger partial charge in [-0.25, -0.2) is 0 Å². The second kappa shape index (κ2) is 9.06. The number of halogens is 1. The molecular weight excluding hydrogens is 344 g/mol. The zero-order valence-electron chi connectivity index (χ0n) is 13.7. The number of ether oxygens (including phenoxy) is 1. The van der Waals surface area contributed by atoms with Crippen LogP contribution in [0.3, 0.4) is 0 Å². The molecule has 1 fully saturated rings. The smallest absolute Gasteiger partial charge is 0.224 e. The molecule has 6 heteroatoms. The van der Waals surface area contributed by atoms with Gasteiger partial charge in [-0.15, -0.1) is 23.7 Å². The van der Waals surface area contributed by atoms with Gasteiger partial charge in [0.1, 0.15) is 5.75 Å². The Morgan fingerprint density at radius 1 is 1.29 bits per heavy atom. The predicted molar refractivity (Wildman–Crippen MR) is 101 cm³/mol. The molecule has 3 rings (SSSR count). The van der Waals surface area contributed by atoms with Crippen LogP contribution >= 0.6 is 23.7 Å². The minimum Gasteiger partial charge on any atom is -0.497 e. The molecule has 4 nitrogen and oxygen atoms in total. The van der Waals surface area contributed by atoms with E-state index in [-0.39, 0.29) is 24.2 Å². The lowest BCUT2D eigenvalue weighted by Gasteiger charge is -2.21. The van der Waals surface area contributed by atoms with E-state index in [4.69, 9.17) is 4.74 Å². The number of nitrogens with one attached hydrogen (secondary N) is 2. The van der Waals surface area contributed by atoms with Crippen molar-refractivity contribution < 1.29 is 9.53 Å². The molecule has 1 atom stereocenters. The molecule has 1 amide bonds. The van der Waals surface area contributed by atoms with Crippen molar-refractivity contribution in [3.05, 3.63) is 41.3 Å². The number of thiophene rings is 1. The molecular formula is C18H23ClN2O2S. The first kappa shape index (κ1) is 18.8. The van der Waals surface area contributed by atoms with Gasteiger partial charge in [0.25, 0.3) is 0 Å². The van der Waals surface area contributed by atoms with Crippen LogP contribution < -0.4 is 15.4 Å². The molecule has 1 aromatic carbocycles. The lowest BCUT2D eigenvalue weighted by atomic mass is 9.99. The highest BCUT2D eigenvalue weighted by Crippen LogP contribution is 2.29. The summed E-state index contributed by atoms with van der Waals surface area (Å²) in [6, 6.07) is 12.2. The predicted octanol–water partition coefficient (Wildman–Crippen LogP) is 3.46. The number of benzene rings is 1. The molecule has 0 saturated carbocycles. The maximum Gasteiger partial charge on any atom is 0.224 e. The summed E-state index contributed by atoms with van der Waals surface area (Å²) in [6.07, 6.45) is 2.07. The molecule has 1 aromatic heterocycles. The zero-order valence-corrected chi connectivity index (χ0v) is 15.3. The Kier molecular flexibility index (Phi) is 7.09. The number of hydrogen-bond acceptors (Lipinski definition) is 4. The van der Waals surface area contributed by atoms with Crippen molar-refractivity contribution in [3.63, 3.8) is 0 Å². The molecule has 24 heavy (non-hydrogen) atoms. The van der Waals surface area contributed by atoms with Gasteiger partial charge in [-0.2, -0.15) is 0 Å². The first-order valence-corrected chi connectivity index (χ1v) is 8.79. The van der Waals surface area contributed by atoms with E-state index in [9.17, 15) is 4.79 Å².